The first kappa shape index (κ1) is 13.0. The van der Waals surface area contributed by atoms with Crippen molar-refractivity contribution in [3.63, 3.8) is 0 Å². The van der Waals surface area contributed by atoms with Gasteiger partial charge in [-0.1, -0.05) is 12.1 Å². The summed E-state index contributed by atoms with van der Waals surface area (Å²) in [6, 6.07) is 4.78. The highest BCUT2D eigenvalue weighted by Crippen LogP contribution is 2.23. The first-order valence-electron chi connectivity index (χ1n) is 5.49. The maximum atomic E-state index is 13.3. The van der Waals surface area contributed by atoms with Gasteiger partial charge in [0.05, 0.1) is 30.4 Å². The molecule has 1 heterocycles. The van der Waals surface area contributed by atoms with Gasteiger partial charge in [-0.25, -0.2) is 4.39 Å². The van der Waals surface area contributed by atoms with Crippen LogP contribution in [0.5, 0.6) is 0 Å². The van der Waals surface area contributed by atoms with Gasteiger partial charge in [-0.2, -0.15) is 0 Å². The van der Waals surface area contributed by atoms with Crippen molar-refractivity contribution in [2.24, 2.45) is 0 Å². The van der Waals surface area contributed by atoms with Crippen LogP contribution in [0.3, 0.4) is 0 Å². The van der Waals surface area contributed by atoms with Crippen LogP contribution in [0.1, 0.15) is 5.56 Å². The Morgan fingerprint density at radius 3 is 3.00 bits per heavy atom. The first-order chi connectivity index (χ1) is 8.18. The van der Waals surface area contributed by atoms with Crippen LogP contribution in [-0.4, -0.2) is 37.1 Å². The van der Waals surface area contributed by atoms with Gasteiger partial charge in [-0.15, -0.1) is 0 Å². The zero-order valence-electron chi connectivity index (χ0n) is 9.23. The van der Waals surface area contributed by atoms with E-state index in [2.05, 4.69) is 15.9 Å². The molecule has 0 aromatic heterocycles. The van der Waals surface area contributed by atoms with Crippen molar-refractivity contribution < 1.29 is 19.0 Å². The minimum atomic E-state index is -0.687. The van der Waals surface area contributed by atoms with Crippen LogP contribution in [-0.2, 0) is 15.9 Å². The second kappa shape index (κ2) is 5.91. The van der Waals surface area contributed by atoms with Crippen molar-refractivity contribution in [3.8, 4) is 0 Å². The molecule has 0 saturated carbocycles. The maximum Gasteiger partial charge on any atom is 0.137 e. The molecule has 2 unspecified atom stereocenters. The Bertz CT molecular complexity index is 380. The predicted molar refractivity (Wildman–Crippen MR) is 64.4 cm³/mol. The fourth-order valence-electron chi connectivity index (χ4n) is 1.79. The Morgan fingerprint density at radius 2 is 2.29 bits per heavy atom. The van der Waals surface area contributed by atoms with Crippen LogP contribution in [0.25, 0.3) is 0 Å². The minimum absolute atomic E-state index is 0.324. The summed E-state index contributed by atoms with van der Waals surface area (Å²) in [4.78, 5) is 0. The molecule has 0 bridgehead atoms. The molecule has 1 aliphatic rings. The van der Waals surface area contributed by atoms with Crippen LogP contribution in [0, 0.1) is 5.82 Å². The average Bonchev–Trinajstić information content (AvgIpc) is 2.36. The molecular weight excluding hydrogens is 291 g/mol. The lowest BCUT2D eigenvalue weighted by molar-refractivity contribution is -0.131. The standard InChI is InChI=1S/C12H14BrFO3/c13-12-8(2-1-3-9(12)14)6-10(15)11-7-16-4-5-17-11/h1-3,10-11,15H,4-7H2. The quantitative estimate of drug-likeness (QED) is 0.927. The molecule has 1 aliphatic heterocycles. The summed E-state index contributed by atoms with van der Waals surface area (Å²) in [6.07, 6.45) is -0.681. The van der Waals surface area contributed by atoms with Crippen molar-refractivity contribution in [3.05, 3.63) is 34.1 Å². The third kappa shape index (κ3) is 3.25. The van der Waals surface area contributed by atoms with Gasteiger partial charge in [-0.05, 0) is 27.6 Å². The first-order valence-corrected chi connectivity index (χ1v) is 6.28. The molecule has 2 atom stereocenters. The molecule has 5 heteroatoms. The Hall–Kier alpha value is -0.490. The third-order valence-electron chi connectivity index (χ3n) is 2.73. The summed E-state index contributed by atoms with van der Waals surface area (Å²) in [5.41, 5.74) is 0.728. The number of hydrogen-bond donors (Lipinski definition) is 1. The summed E-state index contributed by atoms with van der Waals surface area (Å²) >= 11 is 3.17. The van der Waals surface area contributed by atoms with Gasteiger partial charge in [0.15, 0.2) is 0 Å². The van der Waals surface area contributed by atoms with E-state index in [1.165, 1.54) is 6.07 Å². The molecule has 0 amide bonds. The van der Waals surface area contributed by atoms with E-state index in [9.17, 15) is 9.50 Å². The lowest BCUT2D eigenvalue weighted by Gasteiger charge is -2.27. The highest BCUT2D eigenvalue weighted by molar-refractivity contribution is 9.10. The lowest BCUT2D eigenvalue weighted by atomic mass is 10.0. The lowest BCUT2D eigenvalue weighted by Crippen LogP contribution is -2.39. The summed E-state index contributed by atoms with van der Waals surface area (Å²) in [5.74, 6) is -0.324. The van der Waals surface area contributed by atoms with Crippen molar-refractivity contribution in [1.29, 1.82) is 0 Å². The molecule has 94 valence electrons. The normalized spacial score (nSPS) is 22.4. The molecule has 17 heavy (non-hydrogen) atoms. The van der Waals surface area contributed by atoms with Crippen molar-refractivity contribution in [2.75, 3.05) is 19.8 Å². The number of hydrogen-bond acceptors (Lipinski definition) is 3. The Labute approximate surface area is 108 Å². The molecule has 1 fully saturated rings. The molecular formula is C12H14BrFO3. The van der Waals surface area contributed by atoms with E-state index in [1.807, 2.05) is 0 Å². The predicted octanol–water partition coefficient (Wildman–Crippen LogP) is 1.91. The minimum Gasteiger partial charge on any atom is -0.390 e. The Morgan fingerprint density at radius 1 is 1.47 bits per heavy atom. The van der Waals surface area contributed by atoms with Gasteiger partial charge in [0.2, 0.25) is 0 Å². The molecule has 1 aromatic carbocycles. The van der Waals surface area contributed by atoms with Gasteiger partial charge >= 0.3 is 0 Å². The van der Waals surface area contributed by atoms with E-state index in [0.717, 1.165) is 5.56 Å². The molecule has 1 aromatic rings. The van der Waals surface area contributed by atoms with Crippen LogP contribution in [0.2, 0.25) is 0 Å². The average molecular weight is 305 g/mol. The molecule has 0 spiro atoms. The third-order valence-corrected chi connectivity index (χ3v) is 3.62. The molecule has 1 saturated heterocycles. The topological polar surface area (TPSA) is 38.7 Å². The molecule has 1 N–H and O–H groups in total. The van der Waals surface area contributed by atoms with Crippen molar-refractivity contribution in [1.82, 2.24) is 0 Å². The maximum absolute atomic E-state index is 13.3. The van der Waals surface area contributed by atoms with E-state index in [-0.39, 0.29) is 11.9 Å². The highest BCUT2D eigenvalue weighted by atomic mass is 79.9. The zero-order valence-corrected chi connectivity index (χ0v) is 10.8. The SMILES string of the molecule is OC(Cc1cccc(F)c1Br)C1COCCO1. The second-order valence-corrected chi connectivity index (χ2v) is 4.76. The van der Waals surface area contributed by atoms with Crippen LogP contribution in [0.15, 0.2) is 22.7 Å². The summed E-state index contributed by atoms with van der Waals surface area (Å²) < 4.78 is 24.3. The fourth-order valence-corrected chi connectivity index (χ4v) is 2.22. The van der Waals surface area contributed by atoms with Crippen molar-refractivity contribution >= 4 is 15.9 Å². The molecule has 0 radical (unpaired) electrons. The number of aliphatic hydroxyl groups is 1. The number of aliphatic hydroxyl groups excluding tert-OH is 1. The van der Waals surface area contributed by atoms with Gasteiger partial charge in [-0.3, -0.25) is 0 Å². The number of ether oxygens (including phenoxy) is 2. The van der Waals surface area contributed by atoms with E-state index in [0.29, 0.717) is 30.7 Å². The zero-order chi connectivity index (χ0) is 12.3. The molecule has 3 nitrogen and oxygen atoms in total. The largest absolute Gasteiger partial charge is 0.390 e. The summed E-state index contributed by atoms with van der Waals surface area (Å²) in [7, 11) is 0. The van der Waals surface area contributed by atoms with Gasteiger partial charge < -0.3 is 14.6 Å². The van der Waals surface area contributed by atoms with Gasteiger partial charge in [0.25, 0.3) is 0 Å². The van der Waals surface area contributed by atoms with E-state index < -0.39 is 6.10 Å². The van der Waals surface area contributed by atoms with Crippen LogP contribution < -0.4 is 0 Å². The number of rotatable bonds is 3. The van der Waals surface area contributed by atoms with Gasteiger partial charge in [0, 0.05) is 6.42 Å². The molecule has 2 rings (SSSR count). The van der Waals surface area contributed by atoms with Crippen LogP contribution >= 0.6 is 15.9 Å². The van der Waals surface area contributed by atoms with E-state index in [1.54, 1.807) is 12.1 Å². The Balaban J connectivity index is 2.01. The smallest absolute Gasteiger partial charge is 0.137 e. The van der Waals surface area contributed by atoms with Gasteiger partial charge in [0.1, 0.15) is 11.9 Å². The summed E-state index contributed by atoms with van der Waals surface area (Å²) in [5, 5.41) is 9.99. The second-order valence-electron chi connectivity index (χ2n) is 3.97. The number of halogens is 2. The van der Waals surface area contributed by atoms with E-state index >= 15 is 0 Å². The fraction of sp³-hybridized carbons (Fsp3) is 0.500. The van der Waals surface area contributed by atoms with Crippen molar-refractivity contribution in [2.45, 2.75) is 18.6 Å². The highest BCUT2D eigenvalue weighted by Gasteiger charge is 2.24. The molecule has 0 aliphatic carbocycles. The monoisotopic (exact) mass is 304 g/mol. The van der Waals surface area contributed by atoms with E-state index in [4.69, 9.17) is 9.47 Å². The number of benzene rings is 1. The van der Waals surface area contributed by atoms with Crippen LogP contribution in [0.4, 0.5) is 4.39 Å². The Kier molecular flexibility index (Phi) is 4.50. The summed E-state index contributed by atoms with van der Waals surface area (Å²) in [6.45, 7) is 1.44.